The van der Waals surface area contributed by atoms with Gasteiger partial charge in [-0.15, -0.1) is 5.10 Å². The van der Waals surface area contributed by atoms with Crippen molar-refractivity contribution in [1.29, 1.82) is 0 Å². The summed E-state index contributed by atoms with van der Waals surface area (Å²) in [5, 5.41) is 10.7. The second-order valence-electron chi connectivity index (χ2n) is 8.57. The summed E-state index contributed by atoms with van der Waals surface area (Å²) in [6, 6.07) is 3.75. The van der Waals surface area contributed by atoms with Crippen LogP contribution < -0.4 is 10.7 Å². The molecule has 3 aromatic heterocycles. The highest BCUT2D eigenvalue weighted by Crippen LogP contribution is 2.43. The van der Waals surface area contributed by atoms with Gasteiger partial charge in [-0.05, 0) is 42.7 Å². The van der Waals surface area contributed by atoms with Crippen LogP contribution in [0.1, 0.15) is 38.2 Å². The lowest BCUT2D eigenvalue weighted by atomic mass is 9.95. The first-order valence-electron chi connectivity index (χ1n) is 9.90. The first-order chi connectivity index (χ1) is 13.7. The molecule has 0 aromatic carbocycles. The maximum Gasteiger partial charge on any atom is 0.277 e. The second-order valence-corrected chi connectivity index (χ2v) is 10.1. The number of fused-ring (bicyclic) bond motifs is 5. The Morgan fingerprint density at radius 3 is 2.76 bits per heavy atom. The van der Waals surface area contributed by atoms with Crippen LogP contribution in [0.3, 0.4) is 0 Å². The van der Waals surface area contributed by atoms with Gasteiger partial charge in [0.2, 0.25) is 0 Å². The molecule has 2 fully saturated rings. The SMILES string of the molecule is CC(C)c1cn(C[C@H]2C[C@H]3C[C@@H]2CN3S(N)(=O)=O)c2c3cccnc3nn2c1=O. The lowest BCUT2D eigenvalue weighted by Gasteiger charge is -2.30. The fourth-order valence-corrected chi connectivity index (χ4v) is 6.06. The molecule has 9 nitrogen and oxygen atoms in total. The van der Waals surface area contributed by atoms with Crippen LogP contribution in [0.4, 0.5) is 0 Å². The Morgan fingerprint density at radius 1 is 1.31 bits per heavy atom. The van der Waals surface area contributed by atoms with Crippen LogP contribution in [-0.4, -0.2) is 44.5 Å². The van der Waals surface area contributed by atoms with Crippen molar-refractivity contribution in [2.75, 3.05) is 6.54 Å². The van der Waals surface area contributed by atoms with Crippen LogP contribution in [0.5, 0.6) is 0 Å². The molecule has 3 atom stereocenters. The molecule has 0 amide bonds. The van der Waals surface area contributed by atoms with E-state index in [1.54, 1.807) is 6.20 Å². The number of hydrogen-bond donors (Lipinski definition) is 1. The van der Waals surface area contributed by atoms with E-state index in [1.165, 1.54) is 8.82 Å². The summed E-state index contributed by atoms with van der Waals surface area (Å²) in [6.07, 6.45) is 5.24. The average Bonchev–Trinajstić information content (AvgIpc) is 3.35. The smallest absolute Gasteiger partial charge is 0.277 e. The van der Waals surface area contributed by atoms with E-state index in [-0.39, 0.29) is 23.4 Å². The highest BCUT2D eigenvalue weighted by atomic mass is 32.2. The summed E-state index contributed by atoms with van der Waals surface area (Å²) in [6.45, 7) is 5.17. The van der Waals surface area contributed by atoms with Crippen molar-refractivity contribution in [3.05, 3.63) is 40.4 Å². The van der Waals surface area contributed by atoms with E-state index in [4.69, 9.17) is 5.14 Å². The molecular weight excluding hydrogens is 392 g/mol. The van der Waals surface area contributed by atoms with Gasteiger partial charge in [0.15, 0.2) is 5.65 Å². The van der Waals surface area contributed by atoms with E-state index < -0.39 is 10.2 Å². The fraction of sp³-hybridized carbons (Fsp3) is 0.526. The molecule has 2 aliphatic rings. The van der Waals surface area contributed by atoms with Crippen molar-refractivity contribution in [3.8, 4) is 0 Å². The molecule has 154 valence electrons. The predicted octanol–water partition coefficient (Wildman–Crippen LogP) is 1.08. The van der Waals surface area contributed by atoms with Crippen LogP contribution in [-0.2, 0) is 16.8 Å². The summed E-state index contributed by atoms with van der Waals surface area (Å²) in [5.74, 6) is 0.662. The Bertz CT molecular complexity index is 1280. The summed E-state index contributed by atoms with van der Waals surface area (Å²) in [5.41, 5.74) is 1.89. The molecule has 2 N–H and O–H groups in total. The molecule has 1 aliphatic heterocycles. The molecule has 4 heterocycles. The van der Waals surface area contributed by atoms with Crippen LogP contribution in [0.25, 0.3) is 16.7 Å². The third-order valence-corrected chi connectivity index (χ3v) is 7.55. The van der Waals surface area contributed by atoms with Gasteiger partial charge in [0.25, 0.3) is 15.8 Å². The summed E-state index contributed by atoms with van der Waals surface area (Å²) >= 11 is 0. The van der Waals surface area contributed by atoms with Gasteiger partial charge in [-0.25, -0.2) is 10.1 Å². The largest absolute Gasteiger partial charge is 0.331 e. The van der Waals surface area contributed by atoms with Gasteiger partial charge in [-0.1, -0.05) is 13.8 Å². The van der Waals surface area contributed by atoms with Gasteiger partial charge in [0.05, 0.1) is 5.39 Å². The summed E-state index contributed by atoms with van der Waals surface area (Å²) < 4.78 is 28.6. The molecule has 0 spiro atoms. The normalized spacial score (nSPS) is 25.0. The Morgan fingerprint density at radius 2 is 2.10 bits per heavy atom. The lowest BCUT2D eigenvalue weighted by molar-refractivity contribution is 0.243. The van der Waals surface area contributed by atoms with Crippen LogP contribution in [0.2, 0.25) is 0 Å². The maximum atomic E-state index is 13.0. The Labute approximate surface area is 168 Å². The lowest BCUT2D eigenvalue weighted by Crippen LogP contribution is -2.44. The fourth-order valence-electron chi connectivity index (χ4n) is 5.07. The molecule has 2 bridgehead atoms. The molecule has 5 rings (SSSR count). The third kappa shape index (κ3) is 2.89. The molecule has 0 unspecified atom stereocenters. The number of rotatable bonds is 4. The molecule has 1 saturated carbocycles. The minimum Gasteiger partial charge on any atom is -0.331 e. The van der Waals surface area contributed by atoms with Gasteiger partial charge in [0, 0.05) is 37.1 Å². The van der Waals surface area contributed by atoms with Gasteiger partial charge in [-0.3, -0.25) is 4.79 Å². The Balaban J connectivity index is 1.59. The van der Waals surface area contributed by atoms with Crippen molar-refractivity contribution in [3.63, 3.8) is 0 Å². The van der Waals surface area contributed by atoms with Crippen LogP contribution in [0.15, 0.2) is 29.3 Å². The molecule has 1 aliphatic carbocycles. The highest BCUT2D eigenvalue weighted by Gasteiger charge is 2.48. The predicted molar refractivity (Wildman–Crippen MR) is 109 cm³/mol. The van der Waals surface area contributed by atoms with Crippen molar-refractivity contribution >= 4 is 26.9 Å². The molecular formula is C19H24N6O3S. The van der Waals surface area contributed by atoms with Crippen molar-refractivity contribution in [1.82, 2.24) is 23.5 Å². The zero-order chi connectivity index (χ0) is 20.5. The van der Waals surface area contributed by atoms with E-state index in [2.05, 4.69) is 14.6 Å². The van der Waals surface area contributed by atoms with E-state index in [0.717, 1.165) is 23.9 Å². The Hall–Kier alpha value is -2.30. The molecule has 0 radical (unpaired) electrons. The number of hydrogen-bond acceptors (Lipinski definition) is 5. The van der Waals surface area contributed by atoms with Crippen molar-refractivity contribution in [2.45, 2.75) is 45.2 Å². The number of nitrogens with two attached hydrogens (primary N) is 1. The van der Waals surface area contributed by atoms with Gasteiger partial charge >= 0.3 is 0 Å². The molecule has 10 heteroatoms. The second kappa shape index (κ2) is 6.35. The summed E-state index contributed by atoms with van der Waals surface area (Å²) in [7, 11) is -3.64. The number of pyridine rings is 1. The van der Waals surface area contributed by atoms with Gasteiger partial charge in [-0.2, -0.15) is 17.2 Å². The minimum absolute atomic E-state index is 0.0247. The first kappa shape index (κ1) is 18.7. The zero-order valence-electron chi connectivity index (χ0n) is 16.4. The van der Waals surface area contributed by atoms with E-state index in [0.29, 0.717) is 30.2 Å². The minimum atomic E-state index is -3.64. The van der Waals surface area contributed by atoms with Crippen LogP contribution in [0, 0.1) is 11.8 Å². The first-order valence-corrected chi connectivity index (χ1v) is 11.4. The molecule has 29 heavy (non-hydrogen) atoms. The molecule has 3 aromatic rings. The van der Waals surface area contributed by atoms with E-state index in [1.807, 2.05) is 32.2 Å². The maximum absolute atomic E-state index is 13.0. The number of nitrogens with zero attached hydrogens (tertiary/aromatic N) is 5. The highest BCUT2D eigenvalue weighted by molar-refractivity contribution is 7.86. The van der Waals surface area contributed by atoms with Gasteiger partial charge in [0.1, 0.15) is 5.65 Å². The zero-order valence-corrected chi connectivity index (χ0v) is 17.2. The van der Waals surface area contributed by atoms with Crippen molar-refractivity contribution in [2.24, 2.45) is 17.0 Å². The van der Waals surface area contributed by atoms with Crippen molar-refractivity contribution < 1.29 is 8.42 Å². The van der Waals surface area contributed by atoms with Crippen LogP contribution >= 0.6 is 0 Å². The standard InChI is InChI=1S/C19H24N6O3S/c1-11(2)16-10-23(8-12-6-14-7-13(12)9-24(14)29(20,27)28)18-15-4-3-5-21-17(15)22-25(18)19(16)26/h3-5,10-14H,6-9H2,1-2H3,(H2,20,27,28)/t12-,13-,14+/m1/s1. The average molecular weight is 417 g/mol. The van der Waals surface area contributed by atoms with E-state index >= 15 is 0 Å². The van der Waals surface area contributed by atoms with Gasteiger partial charge < -0.3 is 4.57 Å². The van der Waals surface area contributed by atoms with E-state index in [9.17, 15) is 13.2 Å². The third-order valence-electron chi connectivity index (χ3n) is 6.45. The molecule has 1 saturated heterocycles. The topological polar surface area (TPSA) is 116 Å². The quantitative estimate of drug-likeness (QED) is 0.683. The summed E-state index contributed by atoms with van der Waals surface area (Å²) in [4.78, 5) is 17.3. The monoisotopic (exact) mass is 416 g/mol. The number of aromatic nitrogens is 4. The number of piperidine rings is 1. The Kier molecular flexibility index (Phi) is 4.10.